The van der Waals surface area contributed by atoms with Gasteiger partial charge in [0, 0.05) is 12.8 Å². The van der Waals surface area contributed by atoms with Crippen LogP contribution in [0.25, 0.3) is 0 Å². The van der Waals surface area contributed by atoms with Crippen LogP contribution < -0.4 is 5.73 Å². The predicted molar refractivity (Wildman–Crippen MR) is 49.9 cm³/mol. The Morgan fingerprint density at radius 2 is 2.27 bits per heavy atom. The fourth-order valence-electron chi connectivity index (χ4n) is 1.83. The molecule has 1 saturated heterocycles. The highest BCUT2D eigenvalue weighted by atomic mass is 28.4. The van der Waals surface area contributed by atoms with Crippen molar-refractivity contribution in [1.29, 1.82) is 0 Å². The molecule has 0 radical (unpaired) electrons. The lowest BCUT2D eigenvalue weighted by atomic mass is 10.4. The fourth-order valence-corrected chi connectivity index (χ4v) is 5.27. The minimum Gasteiger partial charge on any atom is -0.416 e. The standard InChI is InChI=1S/C8H19NOSi/c1-2-6-11(8-9)7-4-3-5-10-11/h2-9H2,1H3. The zero-order valence-corrected chi connectivity index (χ0v) is 8.44. The maximum absolute atomic E-state index is 5.87. The summed E-state index contributed by atoms with van der Waals surface area (Å²) in [5.74, 6) is 0. The highest BCUT2D eigenvalue weighted by molar-refractivity contribution is 6.74. The predicted octanol–water partition coefficient (Wildman–Crippen LogP) is 1.65. The van der Waals surface area contributed by atoms with Gasteiger partial charge in [-0.05, 0) is 18.5 Å². The molecule has 1 aliphatic rings. The van der Waals surface area contributed by atoms with E-state index in [4.69, 9.17) is 10.2 Å². The van der Waals surface area contributed by atoms with Gasteiger partial charge in [0.15, 0.2) is 0 Å². The molecule has 0 aromatic heterocycles. The minimum atomic E-state index is -1.38. The molecule has 1 fully saturated rings. The first-order valence-electron chi connectivity index (χ1n) is 4.67. The van der Waals surface area contributed by atoms with Crippen molar-refractivity contribution in [2.45, 2.75) is 38.3 Å². The van der Waals surface area contributed by atoms with Crippen molar-refractivity contribution in [3.05, 3.63) is 0 Å². The topological polar surface area (TPSA) is 35.2 Å². The second-order valence-electron chi connectivity index (χ2n) is 3.44. The van der Waals surface area contributed by atoms with Crippen LogP contribution in [0.15, 0.2) is 0 Å². The summed E-state index contributed by atoms with van der Waals surface area (Å²) in [6.45, 7) is 3.20. The smallest absolute Gasteiger partial charge is 0.205 e. The molecule has 2 N–H and O–H groups in total. The van der Waals surface area contributed by atoms with E-state index in [1.165, 1.54) is 31.4 Å². The monoisotopic (exact) mass is 173 g/mol. The van der Waals surface area contributed by atoms with Crippen LogP contribution in [0, 0.1) is 0 Å². The fraction of sp³-hybridized carbons (Fsp3) is 1.00. The van der Waals surface area contributed by atoms with E-state index in [9.17, 15) is 0 Å². The number of hydrogen-bond donors (Lipinski definition) is 1. The van der Waals surface area contributed by atoms with Crippen molar-refractivity contribution in [3.63, 3.8) is 0 Å². The van der Waals surface area contributed by atoms with E-state index in [0.29, 0.717) is 0 Å². The van der Waals surface area contributed by atoms with Gasteiger partial charge in [-0.15, -0.1) is 0 Å². The maximum atomic E-state index is 5.87. The van der Waals surface area contributed by atoms with E-state index in [2.05, 4.69) is 6.92 Å². The van der Waals surface area contributed by atoms with Crippen molar-refractivity contribution >= 4 is 8.32 Å². The molecular formula is C8H19NOSi. The molecule has 1 rings (SSSR count). The van der Waals surface area contributed by atoms with Gasteiger partial charge < -0.3 is 10.2 Å². The number of rotatable bonds is 3. The average molecular weight is 173 g/mol. The van der Waals surface area contributed by atoms with Gasteiger partial charge in [-0.2, -0.15) is 0 Å². The highest BCUT2D eigenvalue weighted by Crippen LogP contribution is 2.25. The molecule has 1 heterocycles. The highest BCUT2D eigenvalue weighted by Gasteiger charge is 2.34. The molecular weight excluding hydrogens is 154 g/mol. The average Bonchev–Trinajstić information content (AvgIpc) is 2.07. The molecule has 0 saturated carbocycles. The molecule has 0 amide bonds. The van der Waals surface area contributed by atoms with Crippen LogP contribution in [0.3, 0.4) is 0 Å². The Kier molecular flexibility index (Phi) is 3.55. The summed E-state index contributed by atoms with van der Waals surface area (Å²) in [4.78, 5) is 0. The van der Waals surface area contributed by atoms with E-state index in [0.717, 1.165) is 12.8 Å². The summed E-state index contributed by atoms with van der Waals surface area (Å²) >= 11 is 0. The summed E-state index contributed by atoms with van der Waals surface area (Å²) < 4.78 is 5.87. The first-order chi connectivity index (χ1) is 5.33. The van der Waals surface area contributed by atoms with Gasteiger partial charge in [0.2, 0.25) is 8.32 Å². The number of hydrogen-bond acceptors (Lipinski definition) is 2. The van der Waals surface area contributed by atoms with Gasteiger partial charge in [0.25, 0.3) is 0 Å². The molecule has 0 aromatic rings. The Balaban J connectivity index is 2.42. The first-order valence-corrected chi connectivity index (χ1v) is 7.20. The largest absolute Gasteiger partial charge is 0.416 e. The Labute approximate surface area is 70.2 Å². The molecule has 0 aromatic carbocycles. The molecule has 1 unspecified atom stereocenters. The van der Waals surface area contributed by atoms with E-state index >= 15 is 0 Å². The Morgan fingerprint density at radius 3 is 2.73 bits per heavy atom. The van der Waals surface area contributed by atoms with Gasteiger partial charge in [0.05, 0.1) is 0 Å². The molecule has 1 aliphatic heterocycles. The van der Waals surface area contributed by atoms with E-state index in [-0.39, 0.29) is 0 Å². The summed E-state index contributed by atoms with van der Waals surface area (Å²) in [5, 5.41) is 0. The second-order valence-corrected chi connectivity index (χ2v) is 7.51. The zero-order chi connectivity index (χ0) is 8.16. The summed E-state index contributed by atoms with van der Waals surface area (Å²) in [6.07, 6.45) is 4.67. The van der Waals surface area contributed by atoms with Crippen molar-refractivity contribution < 1.29 is 4.43 Å². The van der Waals surface area contributed by atoms with Gasteiger partial charge in [-0.25, -0.2) is 0 Å². The zero-order valence-electron chi connectivity index (χ0n) is 7.44. The molecule has 2 nitrogen and oxygen atoms in total. The van der Waals surface area contributed by atoms with Crippen molar-refractivity contribution in [3.8, 4) is 0 Å². The van der Waals surface area contributed by atoms with Crippen LogP contribution in [0.4, 0.5) is 0 Å². The molecule has 1 atom stereocenters. The van der Waals surface area contributed by atoms with E-state index < -0.39 is 8.32 Å². The lowest BCUT2D eigenvalue weighted by Gasteiger charge is -2.33. The first kappa shape index (κ1) is 9.23. The third kappa shape index (κ3) is 2.29. The van der Waals surface area contributed by atoms with Crippen LogP contribution in [0.2, 0.25) is 12.1 Å². The Morgan fingerprint density at radius 1 is 1.45 bits per heavy atom. The van der Waals surface area contributed by atoms with Crippen molar-refractivity contribution in [2.24, 2.45) is 5.73 Å². The molecule has 66 valence electrons. The summed E-state index contributed by atoms with van der Waals surface area (Å²) in [5.41, 5.74) is 5.76. The lowest BCUT2D eigenvalue weighted by Crippen LogP contribution is -2.48. The van der Waals surface area contributed by atoms with Crippen LogP contribution in [-0.4, -0.2) is 21.1 Å². The van der Waals surface area contributed by atoms with E-state index in [1.54, 1.807) is 0 Å². The maximum Gasteiger partial charge on any atom is 0.205 e. The quantitative estimate of drug-likeness (QED) is 0.659. The van der Waals surface area contributed by atoms with Crippen molar-refractivity contribution in [2.75, 3.05) is 12.8 Å². The molecule has 0 spiro atoms. The summed E-state index contributed by atoms with van der Waals surface area (Å²) in [6, 6.07) is 2.57. The van der Waals surface area contributed by atoms with Gasteiger partial charge in [-0.3, -0.25) is 0 Å². The van der Waals surface area contributed by atoms with Gasteiger partial charge >= 0.3 is 0 Å². The van der Waals surface area contributed by atoms with Crippen molar-refractivity contribution in [1.82, 2.24) is 0 Å². The Hall–Kier alpha value is 0.137. The number of nitrogens with two attached hydrogens (primary N) is 1. The van der Waals surface area contributed by atoms with Gasteiger partial charge in [-0.1, -0.05) is 19.8 Å². The van der Waals surface area contributed by atoms with Gasteiger partial charge in [0.1, 0.15) is 0 Å². The van der Waals surface area contributed by atoms with Crippen LogP contribution >= 0.6 is 0 Å². The SMILES string of the molecule is CCC[Si]1(CN)CCCCO1. The Bertz CT molecular complexity index is 107. The molecule has 0 aliphatic carbocycles. The third-order valence-corrected chi connectivity index (χ3v) is 6.75. The summed E-state index contributed by atoms with van der Waals surface area (Å²) in [7, 11) is -1.38. The molecule has 3 heteroatoms. The van der Waals surface area contributed by atoms with Crippen LogP contribution in [0.1, 0.15) is 26.2 Å². The molecule has 0 bridgehead atoms. The second kappa shape index (κ2) is 4.23. The normalized spacial score (nSPS) is 32.2. The minimum absolute atomic E-state index is 0.834. The van der Waals surface area contributed by atoms with E-state index in [1.807, 2.05) is 0 Å². The third-order valence-electron chi connectivity index (χ3n) is 2.51. The molecule has 11 heavy (non-hydrogen) atoms. The van der Waals surface area contributed by atoms with Crippen LogP contribution in [0.5, 0.6) is 0 Å². The van der Waals surface area contributed by atoms with Crippen LogP contribution in [-0.2, 0) is 4.43 Å². The lowest BCUT2D eigenvalue weighted by molar-refractivity contribution is 0.266.